The first kappa shape index (κ1) is 20.7. The Kier molecular flexibility index (Phi) is 4.81. The van der Waals surface area contributed by atoms with Gasteiger partial charge in [-0.15, -0.1) is 0 Å². The molecule has 5 rings (SSSR count). The molecule has 3 aromatic heterocycles. The van der Waals surface area contributed by atoms with Gasteiger partial charge in [0.1, 0.15) is 23.3 Å². The van der Waals surface area contributed by atoms with E-state index < -0.39 is 5.60 Å². The maximum Gasteiger partial charge on any atom is 0.410 e. The Labute approximate surface area is 190 Å². The van der Waals surface area contributed by atoms with Crippen LogP contribution < -0.4 is 10.2 Å². The van der Waals surface area contributed by atoms with Crippen LogP contribution in [0.25, 0.3) is 11.0 Å². The lowest BCUT2D eigenvalue weighted by atomic mass is 9.78. The second kappa shape index (κ2) is 7.44. The van der Waals surface area contributed by atoms with Gasteiger partial charge in [0.2, 0.25) is 0 Å². The summed E-state index contributed by atoms with van der Waals surface area (Å²) in [4.78, 5) is 34.1. The van der Waals surface area contributed by atoms with E-state index in [4.69, 9.17) is 21.3 Å². The number of nitrogens with one attached hydrogen (secondary N) is 1. The number of fused-ring (bicyclic) bond motifs is 1. The van der Waals surface area contributed by atoms with Crippen molar-refractivity contribution in [2.75, 3.05) is 29.9 Å². The Morgan fingerprint density at radius 2 is 2.03 bits per heavy atom. The van der Waals surface area contributed by atoms with Crippen molar-refractivity contribution in [1.82, 2.24) is 24.8 Å². The van der Waals surface area contributed by atoms with Crippen LogP contribution in [0, 0.1) is 0 Å². The number of carbonyl (C=O) groups excluding carboxylic acids is 1. The lowest BCUT2D eigenvalue weighted by Crippen LogP contribution is -2.78. The number of rotatable bonds is 3. The van der Waals surface area contributed by atoms with Gasteiger partial charge >= 0.3 is 6.09 Å². The van der Waals surface area contributed by atoms with Crippen LogP contribution >= 0.6 is 11.6 Å². The second-order valence-corrected chi connectivity index (χ2v) is 9.68. The van der Waals surface area contributed by atoms with Gasteiger partial charge in [-0.1, -0.05) is 11.6 Å². The number of hydrogen-bond donors (Lipinski definition) is 1. The third-order valence-corrected chi connectivity index (χ3v) is 5.92. The van der Waals surface area contributed by atoms with Gasteiger partial charge in [0.15, 0.2) is 5.82 Å². The zero-order chi connectivity index (χ0) is 22.5. The van der Waals surface area contributed by atoms with E-state index in [9.17, 15) is 4.79 Å². The highest BCUT2D eigenvalue weighted by atomic mass is 35.5. The molecule has 9 nitrogen and oxygen atoms in total. The molecule has 0 aliphatic carbocycles. The van der Waals surface area contributed by atoms with E-state index in [1.165, 1.54) is 6.33 Å². The molecule has 0 aromatic carbocycles. The highest BCUT2D eigenvalue weighted by Crippen LogP contribution is 2.42. The van der Waals surface area contributed by atoms with Gasteiger partial charge in [0.25, 0.3) is 0 Å². The Balaban J connectivity index is 1.34. The lowest BCUT2D eigenvalue weighted by Gasteiger charge is -2.62. The second-order valence-electron chi connectivity index (χ2n) is 9.24. The molecule has 2 aliphatic heterocycles. The fourth-order valence-electron chi connectivity index (χ4n) is 4.11. The first-order valence-electron chi connectivity index (χ1n) is 10.5. The van der Waals surface area contributed by atoms with Gasteiger partial charge in [-0.3, -0.25) is 9.88 Å². The summed E-state index contributed by atoms with van der Waals surface area (Å²) in [6.45, 7) is 7.83. The molecule has 32 heavy (non-hydrogen) atoms. The van der Waals surface area contributed by atoms with Gasteiger partial charge < -0.3 is 15.0 Å². The Morgan fingerprint density at radius 1 is 1.22 bits per heavy atom. The Bertz CT molecular complexity index is 1190. The third kappa shape index (κ3) is 3.77. The molecule has 10 heteroatoms. The number of halogens is 1. The standard InChI is InChI=1S/C22H24ClN7O2/c1-21(2,3)32-20(31)30-7-6-22(30)11-29(12-22)17-5-4-16-18(28-17)19(26-13-25-16)27-15-8-14(23)9-24-10-15/h4-5,8-10,13H,6-7,11-12H2,1-3H3,(H,25,26,27). The van der Waals surface area contributed by atoms with Crippen molar-refractivity contribution < 1.29 is 9.53 Å². The van der Waals surface area contributed by atoms with Crippen LogP contribution in [0.1, 0.15) is 27.2 Å². The predicted octanol–water partition coefficient (Wildman–Crippen LogP) is 4.02. The molecule has 0 saturated carbocycles. The number of aromatic nitrogens is 4. The number of amides is 1. The van der Waals surface area contributed by atoms with Crippen LogP contribution in [0.2, 0.25) is 5.02 Å². The number of pyridine rings is 2. The zero-order valence-corrected chi connectivity index (χ0v) is 18.9. The zero-order valence-electron chi connectivity index (χ0n) is 18.2. The van der Waals surface area contributed by atoms with Gasteiger partial charge in [-0.25, -0.2) is 19.7 Å². The van der Waals surface area contributed by atoms with Crippen molar-refractivity contribution in [3.8, 4) is 0 Å². The fraction of sp³-hybridized carbons (Fsp3) is 0.409. The molecule has 2 aliphatic rings. The van der Waals surface area contributed by atoms with Crippen LogP contribution in [0.3, 0.4) is 0 Å². The van der Waals surface area contributed by atoms with E-state index >= 15 is 0 Å². The van der Waals surface area contributed by atoms with Crippen LogP contribution in [-0.4, -0.2) is 61.7 Å². The number of nitrogens with zero attached hydrogens (tertiary/aromatic N) is 6. The number of ether oxygens (including phenoxy) is 1. The van der Waals surface area contributed by atoms with E-state index in [-0.39, 0.29) is 11.6 Å². The van der Waals surface area contributed by atoms with E-state index in [0.29, 0.717) is 16.4 Å². The minimum atomic E-state index is -0.501. The van der Waals surface area contributed by atoms with E-state index in [2.05, 4.69) is 25.2 Å². The molecule has 1 amide bonds. The summed E-state index contributed by atoms with van der Waals surface area (Å²) in [5.41, 5.74) is 1.44. The van der Waals surface area contributed by atoms with Gasteiger partial charge in [-0.05, 0) is 45.4 Å². The number of hydrogen-bond acceptors (Lipinski definition) is 8. The molecule has 1 spiro atoms. The lowest BCUT2D eigenvalue weighted by molar-refractivity contribution is -0.0562. The van der Waals surface area contributed by atoms with Crippen molar-refractivity contribution in [2.45, 2.75) is 38.3 Å². The number of anilines is 3. The normalized spacial score (nSPS) is 17.1. The summed E-state index contributed by atoms with van der Waals surface area (Å²) < 4.78 is 5.57. The largest absolute Gasteiger partial charge is 0.444 e. The number of likely N-dealkylation sites (tertiary alicyclic amines) is 1. The minimum Gasteiger partial charge on any atom is -0.444 e. The van der Waals surface area contributed by atoms with Crippen LogP contribution in [0.15, 0.2) is 36.9 Å². The van der Waals surface area contributed by atoms with E-state index in [1.807, 2.05) is 37.8 Å². The summed E-state index contributed by atoms with van der Waals surface area (Å²) >= 11 is 6.04. The van der Waals surface area contributed by atoms with E-state index in [1.54, 1.807) is 18.5 Å². The molecule has 5 heterocycles. The summed E-state index contributed by atoms with van der Waals surface area (Å²) in [6.07, 6.45) is 5.46. The molecule has 2 fully saturated rings. The van der Waals surface area contributed by atoms with Crippen molar-refractivity contribution in [3.63, 3.8) is 0 Å². The van der Waals surface area contributed by atoms with Gasteiger partial charge in [0.05, 0.1) is 28.0 Å². The molecule has 166 valence electrons. The summed E-state index contributed by atoms with van der Waals surface area (Å²) in [5, 5.41) is 3.75. The van der Waals surface area contributed by atoms with Crippen molar-refractivity contribution in [1.29, 1.82) is 0 Å². The average Bonchev–Trinajstić information content (AvgIpc) is 2.65. The molecular weight excluding hydrogens is 430 g/mol. The smallest absolute Gasteiger partial charge is 0.410 e. The average molecular weight is 454 g/mol. The van der Waals surface area contributed by atoms with Crippen molar-refractivity contribution in [3.05, 3.63) is 41.9 Å². The van der Waals surface area contributed by atoms with E-state index in [0.717, 1.165) is 43.1 Å². The minimum absolute atomic E-state index is 0.167. The van der Waals surface area contributed by atoms with Crippen LogP contribution in [-0.2, 0) is 4.74 Å². The maximum atomic E-state index is 12.5. The first-order valence-corrected chi connectivity index (χ1v) is 10.9. The van der Waals surface area contributed by atoms with Gasteiger partial charge in [0, 0.05) is 25.8 Å². The molecule has 0 unspecified atom stereocenters. The Morgan fingerprint density at radius 3 is 2.72 bits per heavy atom. The van der Waals surface area contributed by atoms with Crippen molar-refractivity contribution in [2.24, 2.45) is 0 Å². The topological polar surface area (TPSA) is 96.4 Å². The maximum absolute atomic E-state index is 12.5. The first-order chi connectivity index (χ1) is 15.2. The summed E-state index contributed by atoms with van der Waals surface area (Å²) in [7, 11) is 0. The van der Waals surface area contributed by atoms with Crippen LogP contribution in [0.4, 0.5) is 22.1 Å². The number of carbonyl (C=O) groups is 1. The Hall–Kier alpha value is -3.20. The third-order valence-electron chi connectivity index (χ3n) is 5.72. The summed E-state index contributed by atoms with van der Waals surface area (Å²) in [5.74, 6) is 1.40. The molecule has 0 bridgehead atoms. The fourth-order valence-corrected chi connectivity index (χ4v) is 4.29. The quantitative estimate of drug-likeness (QED) is 0.635. The van der Waals surface area contributed by atoms with Crippen molar-refractivity contribution >= 4 is 46.1 Å². The van der Waals surface area contributed by atoms with Gasteiger partial charge in [-0.2, -0.15) is 0 Å². The molecule has 0 atom stereocenters. The molecule has 3 aromatic rings. The highest BCUT2D eigenvalue weighted by Gasteiger charge is 2.56. The summed E-state index contributed by atoms with van der Waals surface area (Å²) in [6, 6.07) is 5.65. The molecular formula is C22H24ClN7O2. The highest BCUT2D eigenvalue weighted by molar-refractivity contribution is 6.30. The molecule has 2 saturated heterocycles. The molecule has 1 N–H and O–H groups in total. The predicted molar refractivity (Wildman–Crippen MR) is 122 cm³/mol. The molecule has 0 radical (unpaired) electrons. The monoisotopic (exact) mass is 453 g/mol. The SMILES string of the molecule is CC(C)(C)OC(=O)N1CCC12CN(c1ccc3ncnc(Nc4cncc(Cl)c4)c3n1)C2. The van der Waals surface area contributed by atoms with Crippen LogP contribution in [0.5, 0.6) is 0 Å².